The molecule has 3 rings (SSSR count). The number of nitrogens with one attached hydrogen (secondary N) is 1. The van der Waals surface area contributed by atoms with Crippen molar-refractivity contribution in [2.45, 2.75) is 20.0 Å². The Morgan fingerprint density at radius 2 is 2.10 bits per heavy atom. The molecule has 0 radical (unpaired) electrons. The summed E-state index contributed by atoms with van der Waals surface area (Å²) < 4.78 is 2.22. The van der Waals surface area contributed by atoms with Gasteiger partial charge in [-0.2, -0.15) is 0 Å². The van der Waals surface area contributed by atoms with Crippen molar-refractivity contribution < 1.29 is 0 Å². The molecule has 0 aliphatic carbocycles. The molecule has 0 spiro atoms. The molecule has 0 bridgehead atoms. The second-order valence-corrected chi connectivity index (χ2v) is 5.68. The van der Waals surface area contributed by atoms with Crippen molar-refractivity contribution in [2.75, 3.05) is 7.05 Å². The fourth-order valence-electron chi connectivity index (χ4n) is 2.67. The number of benzene rings is 1. The third-order valence-electron chi connectivity index (χ3n) is 3.57. The lowest BCUT2D eigenvalue weighted by atomic mass is 10.2. The van der Waals surface area contributed by atoms with Crippen molar-refractivity contribution in [3.63, 3.8) is 0 Å². The molecule has 0 fully saturated rings. The minimum atomic E-state index is 0.752. The van der Waals surface area contributed by atoms with Crippen LogP contribution in [0.1, 0.15) is 17.0 Å². The van der Waals surface area contributed by atoms with Gasteiger partial charge >= 0.3 is 0 Å². The van der Waals surface area contributed by atoms with E-state index in [-0.39, 0.29) is 0 Å². The van der Waals surface area contributed by atoms with Gasteiger partial charge in [-0.3, -0.25) is 4.98 Å². The minimum Gasteiger partial charge on any atom is -0.341 e. The topological polar surface area (TPSA) is 29.9 Å². The molecule has 2 heterocycles. The molecule has 21 heavy (non-hydrogen) atoms. The van der Waals surface area contributed by atoms with Gasteiger partial charge in [0.05, 0.1) is 17.8 Å². The van der Waals surface area contributed by atoms with Crippen LogP contribution >= 0.6 is 11.6 Å². The van der Waals surface area contributed by atoms with Crippen LogP contribution in [-0.2, 0) is 13.1 Å². The molecule has 0 unspecified atom stereocenters. The molecular formula is C17H18ClN3. The minimum absolute atomic E-state index is 0.752. The van der Waals surface area contributed by atoms with E-state index >= 15 is 0 Å². The van der Waals surface area contributed by atoms with E-state index in [1.165, 1.54) is 10.9 Å². The summed E-state index contributed by atoms with van der Waals surface area (Å²) in [5.74, 6) is 0. The summed E-state index contributed by atoms with van der Waals surface area (Å²) in [6, 6.07) is 12.2. The van der Waals surface area contributed by atoms with Crippen LogP contribution in [0.4, 0.5) is 0 Å². The first-order valence-electron chi connectivity index (χ1n) is 7.02. The average molecular weight is 300 g/mol. The smallest absolute Gasteiger partial charge is 0.0648 e. The highest BCUT2D eigenvalue weighted by molar-refractivity contribution is 6.31. The third-order valence-corrected chi connectivity index (χ3v) is 3.81. The van der Waals surface area contributed by atoms with E-state index < -0.39 is 0 Å². The van der Waals surface area contributed by atoms with Crippen LogP contribution in [0.15, 0.2) is 42.6 Å². The predicted molar refractivity (Wildman–Crippen MR) is 87.8 cm³/mol. The molecule has 3 nitrogen and oxygen atoms in total. The molecule has 0 atom stereocenters. The second kappa shape index (κ2) is 5.88. The van der Waals surface area contributed by atoms with Gasteiger partial charge in [-0.25, -0.2) is 0 Å². The number of aryl methyl sites for hydroxylation is 1. The summed E-state index contributed by atoms with van der Waals surface area (Å²) >= 11 is 6.16. The normalized spacial score (nSPS) is 11.2. The number of hydrogen-bond acceptors (Lipinski definition) is 2. The lowest BCUT2D eigenvalue weighted by Gasteiger charge is -2.06. The molecule has 0 aliphatic heterocycles. The SMILES string of the molecule is CNCc1cn(Cc2cccc(C)n2)c2cc(Cl)ccc12. The largest absolute Gasteiger partial charge is 0.341 e. The molecule has 0 aliphatic rings. The highest BCUT2D eigenvalue weighted by atomic mass is 35.5. The van der Waals surface area contributed by atoms with Gasteiger partial charge in [0.2, 0.25) is 0 Å². The zero-order valence-electron chi connectivity index (χ0n) is 12.2. The van der Waals surface area contributed by atoms with Gasteiger partial charge in [-0.05, 0) is 43.8 Å². The molecule has 108 valence electrons. The van der Waals surface area contributed by atoms with E-state index in [1.54, 1.807) is 0 Å². The zero-order valence-corrected chi connectivity index (χ0v) is 13.0. The Hall–Kier alpha value is -1.84. The molecule has 3 aromatic rings. The van der Waals surface area contributed by atoms with Gasteiger partial charge in [0.15, 0.2) is 0 Å². The Kier molecular flexibility index (Phi) is 3.95. The van der Waals surface area contributed by atoms with E-state index in [9.17, 15) is 0 Å². The fraction of sp³-hybridized carbons (Fsp3) is 0.235. The van der Waals surface area contributed by atoms with Crippen LogP contribution in [0, 0.1) is 6.92 Å². The summed E-state index contributed by atoms with van der Waals surface area (Å²) in [5.41, 5.74) is 4.52. The van der Waals surface area contributed by atoms with Gasteiger partial charge in [-0.1, -0.05) is 23.7 Å². The average Bonchev–Trinajstić information content (AvgIpc) is 2.77. The molecule has 1 N–H and O–H groups in total. The highest BCUT2D eigenvalue weighted by Gasteiger charge is 2.09. The summed E-state index contributed by atoms with van der Waals surface area (Å²) in [6.45, 7) is 3.61. The highest BCUT2D eigenvalue weighted by Crippen LogP contribution is 2.25. The first kappa shape index (κ1) is 14.1. The Morgan fingerprint density at radius 1 is 1.24 bits per heavy atom. The Morgan fingerprint density at radius 3 is 2.86 bits per heavy atom. The van der Waals surface area contributed by atoms with Crippen molar-refractivity contribution >= 4 is 22.5 Å². The van der Waals surface area contributed by atoms with Crippen LogP contribution in [0.5, 0.6) is 0 Å². The Labute approximate surface area is 129 Å². The molecule has 0 saturated heterocycles. The second-order valence-electron chi connectivity index (χ2n) is 5.24. The fourth-order valence-corrected chi connectivity index (χ4v) is 2.83. The molecular weight excluding hydrogens is 282 g/mol. The lowest BCUT2D eigenvalue weighted by molar-refractivity contribution is 0.779. The Bertz CT molecular complexity index is 777. The van der Waals surface area contributed by atoms with E-state index in [1.807, 2.05) is 38.2 Å². The summed E-state index contributed by atoms with van der Waals surface area (Å²) in [7, 11) is 1.96. The van der Waals surface area contributed by atoms with Crippen molar-refractivity contribution in [1.82, 2.24) is 14.9 Å². The summed E-state index contributed by atoms with van der Waals surface area (Å²) in [4.78, 5) is 4.58. The van der Waals surface area contributed by atoms with Gasteiger partial charge in [0.1, 0.15) is 0 Å². The molecule has 0 saturated carbocycles. The maximum atomic E-state index is 6.16. The van der Waals surface area contributed by atoms with E-state index in [0.717, 1.165) is 35.0 Å². The zero-order chi connectivity index (χ0) is 14.8. The van der Waals surface area contributed by atoms with Crippen molar-refractivity contribution in [3.05, 3.63) is 64.6 Å². The quantitative estimate of drug-likeness (QED) is 0.795. The number of rotatable bonds is 4. The van der Waals surface area contributed by atoms with Crippen molar-refractivity contribution in [3.8, 4) is 0 Å². The van der Waals surface area contributed by atoms with Crippen LogP contribution in [0.25, 0.3) is 10.9 Å². The van der Waals surface area contributed by atoms with Gasteiger partial charge in [-0.15, -0.1) is 0 Å². The molecule has 1 aromatic carbocycles. The number of nitrogens with zero attached hydrogens (tertiary/aromatic N) is 2. The first-order chi connectivity index (χ1) is 10.2. The van der Waals surface area contributed by atoms with Crippen molar-refractivity contribution in [1.29, 1.82) is 0 Å². The number of pyridine rings is 1. The van der Waals surface area contributed by atoms with Crippen LogP contribution in [0.3, 0.4) is 0 Å². The maximum Gasteiger partial charge on any atom is 0.0648 e. The van der Waals surface area contributed by atoms with Crippen LogP contribution in [-0.4, -0.2) is 16.6 Å². The monoisotopic (exact) mass is 299 g/mol. The Balaban J connectivity index is 2.06. The molecule has 2 aromatic heterocycles. The van der Waals surface area contributed by atoms with E-state index in [4.69, 9.17) is 11.6 Å². The standard InChI is InChI=1S/C17H18ClN3/c1-12-4-3-5-15(20-12)11-21-10-13(9-19-2)16-7-6-14(18)8-17(16)21/h3-8,10,19H,9,11H2,1-2H3. The van der Waals surface area contributed by atoms with Gasteiger partial charge in [0.25, 0.3) is 0 Å². The summed E-state index contributed by atoms with van der Waals surface area (Å²) in [5, 5.41) is 5.21. The van der Waals surface area contributed by atoms with E-state index in [0.29, 0.717) is 0 Å². The number of fused-ring (bicyclic) bond motifs is 1. The number of halogens is 1. The lowest BCUT2D eigenvalue weighted by Crippen LogP contribution is -2.04. The predicted octanol–water partition coefficient (Wildman–Crippen LogP) is 3.77. The molecule has 4 heteroatoms. The van der Waals surface area contributed by atoms with Crippen LogP contribution in [0.2, 0.25) is 5.02 Å². The van der Waals surface area contributed by atoms with Crippen molar-refractivity contribution in [2.24, 2.45) is 0 Å². The first-order valence-corrected chi connectivity index (χ1v) is 7.39. The van der Waals surface area contributed by atoms with Gasteiger partial charge in [0, 0.05) is 28.8 Å². The number of hydrogen-bond donors (Lipinski definition) is 1. The maximum absolute atomic E-state index is 6.16. The number of aromatic nitrogens is 2. The van der Waals surface area contributed by atoms with E-state index in [2.05, 4.69) is 33.2 Å². The van der Waals surface area contributed by atoms with Crippen LogP contribution < -0.4 is 5.32 Å². The van der Waals surface area contributed by atoms with Gasteiger partial charge < -0.3 is 9.88 Å². The molecule has 0 amide bonds. The summed E-state index contributed by atoms with van der Waals surface area (Å²) in [6.07, 6.45) is 2.18. The third kappa shape index (κ3) is 2.94.